The number of esters is 2. The minimum atomic E-state index is -0.945. The molecule has 0 aliphatic carbocycles. The van der Waals surface area contributed by atoms with Gasteiger partial charge >= 0.3 is 11.9 Å². The zero-order valence-electron chi connectivity index (χ0n) is 31.4. The minimum Gasteiger partial charge on any atom is -0.462 e. The Morgan fingerprint density at radius 1 is 0.551 bits per heavy atom. The van der Waals surface area contributed by atoms with Crippen LogP contribution in [0.25, 0.3) is 0 Å². The molecule has 0 aromatic carbocycles. The molecular weight excluding hydrogens is 616 g/mol. The first-order valence-electron chi connectivity index (χ1n) is 19.9. The number of unbranched alkanes of at least 4 members (excludes halogenated alkanes) is 15. The summed E-state index contributed by atoms with van der Waals surface area (Å²) < 4.78 is 10.5. The number of carbonyl (C=O) groups is 2. The Balaban J connectivity index is 3.80. The van der Waals surface area contributed by atoms with Crippen molar-refractivity contribution in [3.63, 3.8) is 0 Å². The minimum absolute atomic E-state index is 0.0391. The maximum absolute atomic E-state index is 12.2. The Bertz CT molecular complexity index is 863. The van der Waals surface area contributed by atoms with Gasteiger partial charge in [0.25, 0.3) is 0 Å². The fourth-order valence-corrected chi connectivity index (χ4v) is 5.46. The number of aliphatic hydroxyl groups excluding tert-OH is 3. The van der Waals surface area contributed by atoms with E-state index in [1.807, 2.05) is 12.2 Å². The van der Waals surface area contributed by atoms with E-state index < -0.39 is 30.9 Å². The van der Waals surface area contributed by atoms with Crippen LogP contribution in [-0.4, -0.2) is 58.8 Å². The molecule has 0 radical (unpaired) electrons. The highest BCUT2D eigenvalue weighted by molar-refractivity contribution is 5.70. The molecule has 0 aliphatic rings. The van der Waals surface area contributed by atoms with Gasteiger partial charge in [0.05, 0.1) is 18.8 Å². The Morgan fingerprint density at radius 2 is 1.00 bits per heavy atom. The van der Waals surface area contributed by atoms with Gasteiger partial charge in [-0.1, -0.05) is 159 Å². The smallest absolute Gasteiger partial charge is 0.306 e. The van der Waals surface area contributed by atoms with Crippen molar-refractivity contribution in [1.29, 1.82) is 0 Å². The van der Waals surface area contributed by atoms with Crippen LogP contribution in [-0.2, 0) is 19.1 Å². The van der Waals surface area contributed by atoms with E-state index in [0.717, 1.165) is 44.9 Å². The molecule has 3 N–H and O–H groups in total. The number of hydrogen-bond acceptors (Lipinski definition) is 7. The predicted molar refractivity (Wildman–Crippen MR) is 203 cm³/mol. The van der Waals surface area contributed by atoms with Crippen LogP contribution in [0.5, 0.6) is 0 Å². The topological polar surface area (TPSA) is 113 Å². The largest absolute Gasteiger partial charge is 0.462 e. The van der Waals surface area contributed by atoms with Crippen LogP contribution in [0.15, 0.2) is 48.6 Å². The van der Waals surface area contributed by atoms with Crippen LogP contribution in [0.3, 0.4) is 0 Å². The summed E-state index contributed by atoms with van der Waals surface area (Å²) in [7, 11) is 0. The molecule has 0 heterocycles. The Morgan fingerprint density at radius 3 is 1.49 bits per heavy atom. The molecule has 7 heteroatoms. The average Bonchev–Trinajstić information content (AvgIpc) is 3.10. The number of hydrogen-bond donors (Lipinski definition) is 3. The van der Waals surface area contributed by atoms with Gasteiger partial charge in [0.1, 0.15) is 6.61 Å². The lowest BCUT2D eigenvalue weighted by atomic mass is 10.0. The van der Waals surface area contributed by atoms with E-state index in [9.17, 15) is 24.9 Å². The lowest BCUT2D eigenvalue weighted by molar-refractivity contribution is -0.161. The van der Waals surface area contributed by atoms with E-state index in [1.54, 1.807) is 0 Å². The summed E-state index contributed by atoms with van der Waals surface area (Å²) in [5, 5.41) is 30.0. The van der Waals surface area contributed by atoms with Gasteiger partial charge in [0.15, 0.2) is 6.10 Å². The number of ether oxygens (including phenoxy) is 2. The van der Waals surface area contributed by atoms with Crippen LogP contribution in [0.1, 0.15) is 174 Å². The third-order valence-corrected chi connectivity index (χ3v) is 8.59. The van der Waals surface area contributed by atoms with E-state index in [0.29, 0.717) is 19.3 Å². The first kappa shape index (κ1) is 46.8. The van der Waals surface area contributed by atoms with Gasteiger partial charge in [-0.3, -0.25) is 9.59 Å². The number of aliphatic hydroxyl groups is 3. The summed E-state index contributed by atoms with van der Waals surface area (Å²) in [6.07, 6.45) is 39.2. The van der Waals surface area contributed by atoms with Crippen LogP contribution < -0.4 is 0 Å². The summed E-state index contributed by atoms with van der Waals surface area (Å²) >= 11 is 0. The van der Waals surface area contributed by atoms with Crippen LogP contribution >= 0.6 is 0 Å². The Kier molecular flexibility index (Phi) is 35.4. The second-order valence-electron chi connectivity index (χ2n) is 13.3. The zero-order chi connectivity index (χ0) is 36.0. The van der Waals surface area contributed by atoms with Crippen LogP contribution in [0.4, 0.5) is 0 Å². The van der Waals surface area contributed by atoms with Gasteiger partial charge in [0, 0.05) is 12.8 Å². The fraction of sp³-hybridized carbons (Fsp3) is 0.762. The second kappa shape index (κ2) is 37.0. The van der Waals surface area contributed by atoms with Gasteiger partial charge < -0.3 is 24.8 Å². The van der Waals surface area contributed by atoms with Crippen molar-refractivity contribution >= 4 is 11.9 Å². The first-order valence-corrected chi connectivity index (χ1v) is 19.9. The second-order valence-corrected chi connectivity index (χ2v) is 13.3. The number of allylic oxidation sites excluding steroid dienone is 7. The van der Waals surface area contributed by atoms with Crippen molar-refractivity contribution in [3.05, 3.63) is 48.6 Å². The van der Waals surface area contributed by atoms with Crippen molar-refractivity contribution in [2.75, 3.05) is 13.2 Å². The van der Waals surface area contributed by atoms with Crippen molar-refractivity contribution in [2.45, 2.75) is 193 Å². The fourth-order valence-electron chi connectivity index (χ4n) is 5.46. The molecule has 7 nitrogen and oxygen atoms in total. The van der Waals surface area contributed by atoms with Gasteiger partial charge in [-0.25, -0.2) is 0 Å². The number of carbonyl (C=O) groups excluding carboxylic acids is 2. The van der Waals surface area contributed by atoms with Crippen molar-refractivity contribution in [2.24, 2.45) is 0 Å². The molecule has 284 valence electrons. The highest BCUT2D eigenvalue weighted by atomic mass is 16.6. The molecule has 49 heavy (non-hydrogen) atoms. The summed E-state index contributed by atoms with van der Waals surface area (Å²) in [4.78, 5) is 24.3. The first-order chi connectivity index (χ1) is 23.9. The van der Waals surface area contributed by atoms with Gasteiger partial charge in [-0.05, 0) is 51.4 Å². The van der Waals surface area contributed by atoms with Crippen molar-refractivity contribution in [3.8, 4) is 0 Å². The molecule has 0 amide bonds. The van der Waals surface area contributed by atoms with E-state index >= 15 is 0 Å². The normalized spacial score (nSPS) is 14.0. The maximum atomic E-state index is 12.2. The van der Waals surface area contributed by atoms with Crippen molar-refractivity contribution < 1.29 is 34.4 Å². The maximum Gasteiger partial charge on any atom is 0.306 e. The molecule has 0 rings (SSSR count). The van der Waals surface area contributed by atoms with Gasteiger partial charge in [-0.15, -0.1) is 0 Å². The van der Waals surface area contributed by atoms with E-state index in [2.05, 4.69) is 50.3 Å². The van der Waals surface area contributed by atoms with Gasteiger partial charge in [-0.2, -0.15) is 0 Å². The van der Waals surface area contributed by atoms with Crippen LogP contribution in [0.2, 0.25) is 0 Å². The van der Waals surface area contributed by atoms with Crippen molar-refractivity contribution in [1.82, 2.24) is 0 Å². The molecule has 0 saturated heterocycles. The Labute approximate surface area is 300 Å². The summed E-state index contributed by atoms with van der Waals surface area (Å²) in [6.45, 7) is 3.78. The van der Waals surface area contributed by atoms with E-state index in [4.69, 9.17) is 9.47 Å². The third-order valence-electron chi connectivity index (χ3n) is 8.59. The molecule has 0 saturated carbocycles. The quantitative estimate of drug-likeness (QED) is 0.0345. The number of rotatable bonds is 35. The summed E-state index contributed by atoms with van der Waals surface area (Å²) in [5.74, 6) is -0.876. The summed E-state index contributed by atoms with van der Waals surface area (Å²) in [6, 6.07) is 0. The molecule has 3 atom stereocenters. The highest BCUT2D eigenvalue weighted by Gasteiger charge is 2.18. The SMILES string of the molecule is CC/C=C\C/C=C\C/C=C\C/C=C\C[C@@H](O)[C@H](O)CCCC(=O)O[C@@H](CO)COC(=O)CCCCCCCCCCCCCCCCCC. The molecule has 0 unspecified atom stereocenters. The average molecular weight is 691 g/mol. The van der Waals surface area contributed by atoms with Crippen LogP contribution in [0, 0.1) is 0 Å². The zero-order valence-corrected chi connectivity index (χ0v) is 31.4. The lowest BCUT2D eigenvalue weighted by Crippen LogP contribution is -2.29. The lowest BCUT2D eigenvalue weighted by Gasteiger charge is -2.17. The standard InChI is InChI=1S/C42H74O7/c1-3-5-7-9-11-13-15-17-18-19-20-22-24-26-28-30-34-41(46)48-37-38(36-43)49-42(47)35-31-33-40(45)39(44)32-29-27-25-23-21-16-14-12-10-8-6-4-2/h6,8,12,14,21,23,27,29,38-40,43-45H,3-5,7,9-11,13,15-20,22,24-26,28,30-37H2,1-2H3/b8-6-,14-12-,23-21-,29-27-/t38-,39+,40+/m0/s1. The predicted octanol–water partition coefficient (Wildman–Crippen LogP) is 10.2. The van der Waals surface area contributed by atoms with E-state index in [1.165, 1.54) is 83.5 Å². The molecule has 0 spiro atoms. The van der Waals surface area contributed by atoms with E-state index in [-0.39, 0.29) is 25.4 Å². The Hall–Kier alpha value is -2.22. The highest BCUT2D eigenvalue weighted by Crippen LogP contribution is 2.15. The molecule has 0 aromatic rings. The molecular formula is C42H74O7. The third kappa shape index (κ3) is 34.0. The van der Waals surface area contributed by atoms with Gasteiger partial charge in [0.2, 0.25) is 0 Å². The molecule has 0 aliphatic heterocycles. The molecule has 0 fully saturated rings. The molecule has 0 bridgehead atoms. The monoisotopic (exact) mass is 691 g/mol. The molecule has 0 aromatic heterocycles. The summed E-state index contributed by atoms with van der Waals surface area (Å²) in [5.41, 5.74) is 0.